The maximum absolute atomic E-state index is 5.81. The van der Waals surface area contributed by atoms with Crippen LogP contribution in [0, 0.1) is 13.8 Å². The molecule has 0 spiro atoms. The van der Waals surface area contributed by atoms with E-state index in [9.17, 15) is 0 Å². The topological polar surface area (TPSA) is 26.0 Å². The van der Waals surface area contributed by atoms with Gasteiger partial charge in [0.25, 0.3) is 0 Å². The number of benzene rings is 2. The van der Waals surface area contributed by atoms with Crippen molar-refractivity contribution in [1.82, 2.24) is 0 Å². The standard InChI is InChI=1S/C18H23N/c1-12(2)16-8-6-10-18(14(16)4)17-9-5-7-15(11-19)13(17)3/h5-10,12H,11,19H2,1-4H3. The number of nitrogens with two attached hydrogens (primary N) is 1. The van der Waals surface area contributed by atoms with Gasteiger partial charge in [0, 0.05) is 6.54 Å². The molecule has 0 unspecified atom stereocenters. The van der Waals surface area contributed by atoms with Crippen LogP contribution in [-0.4, -0.2) is 0 Å². The van der Waals surface area contributed by atoms with Crippen molar-refractivity contribution >= 4 is 0 Å². The van der Waals surface area contributed by atoms with Gasteiger partial charge in [0.05, 0.1) is 0 Å². The van der Waals surface area contributed by atoms with E-state index in [1.807, 2.05) is 0 Å². The molecule has 2 N–H and O–H groups in total. The fourth-order valence-corrected chi connectivity index (χ4v) is 2.77. The molecule has 0 atom stereocenters. The first-order chi connectivity index (χ1) is 9.06. The average Bonchev–Trinajstić information content (AvgIpc) is 2.39. The normalized spacial score (nSPS) is 11.1. The lowest BCUT2D eigenvalue weighted by Crippen LogP contribution is -2.01. The first kappa shape index (κ1) is 13.8. The Morgan fingerprint density at radius 1 is 0.895 bits per heavy atom. The van der Waals surface area contributed by atoms with Gasteiger partial charge in [-0.3, -0.25) is 0 Å². The predicted octanol–water partition coefficient (Wildman–Crippen LogP) is 4.55. The molecule has 2 rings (SSSR count). The highest BCUT2D eigenvalue weighted by atomic mass is 14.5. The molecule has 19 heavy (non-hydrogen) atoms. The molecular formula is C18H23N. The van der Waals surface area contributed by atoms with Gasteiger partial charge in [-0.2, -0.15) is 0 Å². The third kappa shape index (κ3) is 2.57. The monoisotopic (exact) mass is 253 g/mol. The second kappa shape index (κ2) is 5.58. The van der Waals surface area contributed by atoms with E-state index >= 15 is 0 Å². The average molecular weight is 253 g/mol. The van der Waals surface area contributed by atoms with Crippen LogP contribution < -0.4 is 5.73 Å². The van der Waals surface area contributed by atoms with Crippen molar-refractivity contribution in [2.24, 2.45) is 5.73 Å². The molecule has 1 heteroatoms. The summed E-state index contributed by atoms with van der Waals surface area (Å²) in [7, 11) is 0. The Kier molecular flexibility index (Phi) is 4.06. The largest absolute Gasteiger partial charge is 0.326 e. The van der Waals surface area contributed by atoms with Crippen LogP contribution >= 0.6 is 0 Å². The highest BCUT2D eigenvalue weighted by molar-refractivity contribution is 5.72. The molecule has 0 aliphatic carbocycles. The van der Waals surface area contributed by atoms with Gasteiger partial charge in [-0.1, -0.05) is 50.2 Å². The van der Waals surface area contributed by atoms with Crippen molar-refractivity contribution in [3.05, 3.63) is 58.7 Å². The van der Waals surface area contributed by atoms with Crippen LogP contribution in [0.2, 0.25) is 0 Å². The molecule has 0 aliphatic rings. The Morgan fingerprint density at radius 3 is 2.05 bits per heavy atom. The first-order valence-corrected chi connectivity index (χ1v) is 6.94. The molecule has 0 radical (unpaired) electrons. The van der Waals surface area contributed by atoms with Gasteiger partial charge >= 0.3 is 0 Å². The van der Waals surface area contributed by atoms with Crippen LogP contribution in [0.4, 0.5) is 0 Å². The van der Waals surface area contributed by atoms with Gasteiger partial charge in [-0.05, 0) is 53.1 Å². The molecule has 0 bridgehead atoms. The smallest absolute Gasteiger partial charge is 0.0180 e. The third-order valence-electron chi connectivity index (χ3n) is 3.95. The molecular weight excluding hydrogens is 230 g/mol. The van der Waals surface area contributed by atoms with Crippen molar-refractivity contribution in [1.29, 1.82) is 0 Å². The van der Waals surface area contributed by atoms with E-state index in [0.29, 0.717) is 12.5 Å². The maximum atomic E-state index is 5.81. The Balaban J connectivity index is 2.63. The zero-order valence-electron chi connectivity index (χ0n) is 12.3. The minimum Gasteiger partial charge on any atom is -0.326 e. The zero-order valence-corrected chi connectivity index (χ0v) is 12.3. The molecule has 0 aromatic heterocycles. The van der Waals surface area contributed by atoms with Crippen LogP contribution in [-0.2, 0) is 6.54 Å². The summed E-state index contributed by atoms with van der Waals surface area (Å²) in [6, 6.07) is 13.0. The Labute approximate surface area is 116 Å². The lowest BCUT2D eigenvalue weighted by atomic mass is 9.88. The van der Waals surface area contributed by atoms with Crippen LogP contribution in [0.15, 0.2) is 36.4 Å². The van der Waals surface area contributed by atoms with Crippen molar-refractivity contribution in [2.75, 3.05) is 0 Å². The van der Waals surface area contributed by atoms with Crippen molar-refractivity contribution < 1.29 is 0 Å². The fraction of sp³-hybridized carbons (Fsp3) is 0.333. The van der Waals surface area contributed by atoms with E-state index in [1.54, 1.807) is 0 Å². The molecule has 100 valence electrons. The molecule has 0 aliphatic heterocycles. The van der Waals surface area contributed by atoms with Crippen LogP contribution in [0.3, 0.4) is 0 Å². The fourth-order valence-electron chi connectivity index (χ4n) is 2.77. The molecule has 0 saturated heterocycles. The Hall–Kier alpha value is -1.60. The number of hydrogen-bond donors (Lipinski definition) is 1. The van der Waals surface area contributed by atoms with Crippen molar-refractivity contribution in [3.63, 3.8) is 0 Å². The molecule has 0 amide bonds. The molecule has 0 heterocycles. The Bertz CT molecular complexity index is 582. The van der Waals surface area contributed by atoms with E-state index in [4.69, 9.17) is 5.73 Å². The Morgan fingerprint density at radius 2 is 1.47 bits per heavy atom. The minimum absolute atomic E-state index is 0.554. The molecule has 2 aromatic carbocycles. The summed E-state index contributed by atoms with van der Waals surface area (Å²) in [6.07, 6.45) is 0. The highest BCUT2D eigenvalue weighted by Gasteiger charge is 2.11. The summed E-state index contributed by atoms with van der Waals surface area (Å²) in [5.41, 5.74) is 13.8. The summed E-state index contributed by atoms with van der Waals surface area (Å²) in [5.74, 6) is 0.554. The summed E-state index contributed by atoms with van der Waals surface area (Å²) in [6.45, 7) is 9.48. The zero-order chi connectivity index (χ0) is 14.0. The van der Waals surface area contributed by atoms with Gasteiger partial charge < -0.3 is 5.73 Å². The summed E-state index contributed by atoms with van der Waals surface area (Å²) < 4.78 is 0. The predicted molar refractivity (Wildman–Crippen MR) is 83.3 cm³/mol. The minimum atomic E-state index is 0.554. The van der Waals surface area contributed by atoms with Gasteiger partial charge in [-0.15, -0.1) is 0 Å². The highest BCUT2D eigenvalue weighted by Crippen LogP contribution is 2.32. The number of hydrogen-bond acceptors (Lipinski definition) is 1. The quantitative estimate of drug-likeness (QED) is 0.853. The second-order valence-electron chi connectivity index (χ2n) is 5.47. The van der Waals surface area contributed by atoms with Crippen LogP contribution in [0.5, 0.6) is 0 Å². The second-order valence-corrected chi connectivity index (χ2v) is 5.47. The van der Waals surface area contributed by atoms with Crippen LogP contribution in [0.25, 0.3) is 11.1 Å². The van der Waals surface area contributed by atoms with E-state index in [-0.39, 0.29) is 0 Å². The summed E-state index contributed by atoms with van der Waals surface area (Å²) in [5, 5.41) is 0. The van der Waals surface area contributed by atoms with E-state index < -0.39 is 0 Å². The van der Waals surface area contributed by atoms with Gasteiger partial charge in [0.1, 0.15) is 0 Å². The van der Waals surface area contributed by atoms with E-state index in [0.717, 1.165) is 0 Å². The number of rotatable bonds is 3. The first-order valence-electron chi connectivity index (χ1n) is 6.94. The van der Waals surface area contributed by atoms with Crippen molar-refractivity contribution in [3.8, 4) is 11.1 Å². The maximum Gasteiger partial charge on any atom is 0.0180 e. The molecule has 0 fully saturated rings. The van der Waals surface area contributed by atoms with Gasteiger partial charge in [0.15, 0.2) is 0 Å². The van der Waals surface area contributed by atoms with Gasteiger partial charge in [0.2, 0.25) is 0 Å². The van der Waals surface area contributed by atoms with Crippen molar-refractivity contribution in [2.45, 2.75) is 40.2 Å². The lowest BCUT2D eigenvalue weighted by molar-refractivity contribution is 0.857. The summed E-state index contributed by atoms with van der Waals surface area (Å²) in [4.78, 5) is 0. The lowest BCUT2D eigenvalue weighted by Gasteiger charge is -2.17. The van der Waals surface area contributed by atoms with E-state index in [1.165, 1.54) is 33.4 Å². The SMILES string of the molecule is Cc1c(CN)cccc1-c1cccc(C(C)C)c1C. The summed E-state index contributed by atoms with van der Waals surface area (Å²) >= 11 is 0. The van der Waals surface area contributed by atoms with Crippen LogP contribution in [0.1, 0.15) is 42.0 Å². The third-order valence-corrected chi connectivity index (χ3v) is 3.95. The molecule has 0 saturated carbocycles. The van der Waals surface area contributed by atoms with E-state index in [2.05, 4.69) is 64.1 Å². The van der Waals surface area contributed by atoms with Gasteiger partial charge in [-0.25, -0.2) is 0 Å². The molecule has 2 aromatic rings. The molecule has 1 nitrogen and oxygen atoms in total.